The highest BCUT2D eigenvalue weighted by Gasteiger charge is 1.91. The first-order valence-corrected chi connectivity index (χ1v) is 6.92. The fraction of sp³-hybridized carbons (Fsp3) is 0.200. The van der Waals surface area contributed by atoms with Gasteiger partial charge in [0, 0.05) is 0 Å². The predicted octanol–water partition coefficient (Wildman–Crippen LogP) is 6.06. The van der Waals surface area contributed by atoms with E-state index in [0.29, 0.717) is 0 Å². The van der Waals surface area contributed by atoms with E-state index in [1.165, 1.54) is 27.8 Å². The third-order valence-electron chi connectivity index (χ3n) is 2.90. The van der Waals surface area contributed by atoms with Crippen molar-refractivity contribution in [3.05, 3.63) is 82.9 Å². The molecule has 0 atom stereocenters. The van der Waals surface area contributed by atoms with Gasteiger partial charge in [0.25, 0.3) is 0 Å². The van der Waals surface area contributed by atoms with Crippen LogP contribution in [0.2, 0.25) is 0 Å². The average Bonchev–Trinajstić information content (AvgIpc) is 2.40. The molecule has 0 heterocycles. The minimum atomic E-state index is 1.23. The zero-order valence-corrected chi connectivity index (χ0v) is 13.0. The van der Waals surface area contributed by atoms with Crippen LogP contribution in [0, 0.1) is 13.8 Å². The van der Waals surface area contributed by atoms with Gasteiger partial charge in [0.15, 0.2) is 0 Å². The van der Waals surface area contributed by atoms with Crippen molar-refractivity contribution in [1.29, 1.82) is 0 Å². The van der Waals surface area contributed by atoms with Crippen LogP contribution in [0.1, 0.15) is 36.1 Å². The third-order valence-corrected chi connectivity index (χ3v) is 2.90. The molecule has 0 aliphatic carbocycles. The highest BCUT2D eigenvalue weighted by atomic mass is 14.0. The van der Waals surface area contributed by atoms with Gasteiger partial charge in [-0.2, -0.15) is 0 Å². The second kappa shape index (κ2) is 8.16. The largest absolute Gasteiger partial charge is 0.0985 e. The molecule has 0 amide bonds. The van der Waals surface area contributed by atoms with Crippen LogP contribution in [0.4, 0.5) is 0 Å². The van der Waals surface area contributed by atoms with Crippen molar-refractivity contribution in [3.63, 3.8) is 0 Å². The topological polar surface area (TPSA) is 0 Å². The van der Waals surface area contributed by atoms with E-state index in [9.17, 15) is 0 Å². The molecule has 0 radical (unpaired) electrons. The molecule has 2 aromatic rings. The van der Waals surface area contributed by atoms with Crippen LogP contribution in [-0.2, 0) is 0 Å². The van der Waals surface area contributed by atoms with Gasteiger partial charge in [-0.05, 0) is 44.4 Å². The smallest absolute Gasteiger partial charge is 0.0233 e. The van der Waals surface area contributed by atoms with E-state index in [-0.39, 0.29) is 0 Å². The predicted molar refractivity (Wildman–Crippen MR) is 91.8 cm³/mol. The first-order valence-electron chi connectivity index (χ1n) is 6.92. The summed E-state index contributed by atoms with van der Waals surface area (Å²) in [7, 11) is 0. The van der Waals surface area contributed by atoms with Crippen LogP contribution in [0.3, 0.4) is 0 Å². The zero-order valence-electron chi connectivity index (χ0n) is 13.0. The van der Waals surface area contributed by atoms with Gasteiger partial charge in [0.1, 0.15) is 0 Å². The van der Waals surface area contributed by atoms with E-state index in [4.69, 9.17) is 0 Å². The first kappa shape index (κ1) is 16.0. The summed E-state index contributed by atoms with van der Waals surface area (Å²) in [6, 6.07) is 16.7. The Bertz CT molecular complexity index is 570. The molecule has 104 valence electrons. The molecule has 20 heavy (non-hydrogen) atoms. The SMILES string of the molecule is C=Cc1ccc(C)cc1C.CC(C)=Cc1ccccc1. The Hall–Kier alpha value is -2.08. The molecular weight excluding hydrogens is 240 g/mol. The van der Waals surface area contributed by atoms with E-state index in [0.717, 1.165) is 0 Å². The molecule has 0 spiro atoms. The van der Waals surface area contributed by atoms with Crippen molar-refractivity contribution in [1.82, 2.24) is 0 Å². The summed E-state index contributed by atoms with van der Waals surface area (Å²) in [4.78, 5) is 0. The van der Waals surface area contributed by atoms with Crippen LogP contribution in [0.5, 0.6) is 0 Å². The summed E-state index contributed by atoms with van der Waals surface area (Å²) >= 11 is 0. The number of aryl methyl sites for hydroxylation is 2. The first-order chi connectivity index (χ1) is 9.52. The van der Waals surface area contributed by atoms with Gasteiger partial charge in [-0.15, -0.1) is 0 Å². The second-order valence-corrected chi connectivity index (χ2v) is 5.20. The molecule has 0 nitrogen and oxygen atoms in total. The van der Waals surface area contributed by atoms with Crippen molar-refractivity contribution < 1.29 is 0 Å². The molecule has 0 aliphatic heterocycles. The van der Waals surface area contributed by atoms with Crippen LogP contribution < -0.4 is 0 Å². The van der Waals surface area contributed by atoms with Crippen LogP contribution in [0.15, 0.2) is 60.7 Å². The molecule has 0 unspecified atom stereocenters. The Kier molecular flexibility index (Phi) is 6.52. The van der Waals surface area contributed by atoms with Gasteiger partial charge >= 0.3 is 0 Å². The highest BCUT2D eigenvalue weighted by molar-refractivity contribution is 5.52. The van der Waals surface area contributed by atoms with E-state index < -0.39 is 0 Å². The summed E-state index contributed by atoms with van der Waals surface area (Å²) in [5.41, 5.74) is 6.46. The van der Waals surface area contributed by atoms with Crippen LogP contribution >= 0.6 is 0 Å². The lowest BCUT2D eigenvalue weighted by molar-refractivity contribution is 1.37. The highest BCUT2D eigenvalue weighted by Crippen LogP contribution is 2.10. The summed E-state index contributed by atoms with van der Waals surface area (Å²) in [6.07, 6.45) is 4.05. The quantitative estimate of drug-likeness (QED) is 0.618. The summed E-state index contributed by atoms with van der Waals surface area (Å²) < 4.78 is 0. The van der Waals surface area contributed by atoms with Crippen LogP contribution in [-0.4, -0.2) is 0 Å². The Morgan fingerprint density at radius 2 is 1.60 bits per heavy atom. The molecule has 0 N–H and O–H groups in total. The maximum Gasteiger partial charge on any atom is -0.0233 e. The maximum absolute atomic E-state index is 3.72. The third kappa shape index (κ3) is 5.71. The molecule has 2 aromatic carbocycles. The van der Waals surface area contributed by atoms with Gasteiger partial charge in [0.2, 0.25) is 0 Å². The standard InChI is InChI=1S/2C10H12/c1-9(2)8-10-6-4-3-5-7-10;1-4-10-6-5-8(2)7-9(10)3/h3-8H,1-2H3;4-7H,1H2,2-3H3. The number of allylic oxidation sites excluding steroid dienone is 1. The van der Waals surface area contributed by atoms with E-state index in [1.54, 1.807) is 0 Å². The van der Waals surface area contributed by atoms with E-state index >= 15 is 0 Å². The fourth-order valence-electron chi connectivity index (χ4n) is 1.94. The van der Waals surface area contributed by atoms with Crippen molar-refractivity contribution in [2.75, 3.05) is 0 Å². The Morgan fingerprint density at radius 1 is 0.950 bits per heavy atom. The second-order valence-electron chi connectivity index (χ2n) is 5.20. The molecule has 0 aromatic heterocycles. The van der Waals surface area contributed by atoms with Gasteiger partial charge in [0.05, 0.1) is 0 Å². The molecule has 0 bridgehead atoms. The minimum absolute atomic E-state index is 1.23. The summed E-state index contributed by atoms with van der Waals surface area (Å²) in [5, 5.41) is 0. The molecule has 0 fully saturated rings. The fourth-order valence-corrected chi connectivity index (χ4v) is 1.94. The monoisotopic (exact) mass is 264 g/mol. The molecule has 0 aliphatic rings. The van der Waals surface area contributed by atoms with Crippen molar-refractivity contribution in [2.45, 2.75) is 27.7 Å². The molecular formula is C20H24. The number of hydrogen-bond donors (Lipinski definition) is 0. The summed E-state index contributed by atoms with van der Waals surface area (Å²) in [6.45, 7) is 12.1. The normalized spacial score (nSPS) is 9.20. The number of benzene rings is 2. The zero-order chi connectivity index (χ0) is 15.0. The van der Waals surface area contributed by atoms with Gasteiger partial charge in [-0.25, -0.2) is 0 Å². The Balaban J connectivity index is 0.000000200. The molecule has 0 saturated carbocycles. The van der Waals surface area contributed by atoms with Crippen molar-refractivity contribution >= 4 is 12.2 Å². The number of hydrogen-bond acceptors (Lipinski definition) is 0. The van der Waals surface area contributed by atoms with Crippen molar-refractivity contribution in [3.8, 4) is 0 Å². The van der Waals surface area contributed by atoms with Crippen molar-refractivity contribution in [2.24, 2.45) is 0 Å². The summed E-state index contributed by atoms with van der Waals surface area (Å²) in [5.74, 6) is 0. The molecule has 0 heteroatoms. The van der Waals surface area contributed by atoms with Crippen LogP contribution in [0.25, 0.3) is 12.2 Å². The lowest BCUT2D eigenvalue weighted by Gasteiger charge is -1.99. The average molecular weight is 264 g/mol. The van der Waals surface area contributed by atoms with E-state index in [2.05, 4.69) is 82.8 Å². The lowest BCUT2D eigenvalue weighted by Crippen LogP contribution is -1.80. The molecule has 2 rings (SSSR count). The van der Waals surface area contributed by atoms with Gasteiger partial charge in [-0.1, -0.05) is 78.4 Å². The van der Waals surface area contributed by atoms with E-state index in [1.807, 2.05) is 12.1 Å². The maximum atomic E-state index is 3.72. The molecule has 0 saturated heterocycles. The van der Waals surface area contributed by atoms with Gasteiger partial charge < -0.3 is 0 Å². The number of rotatable bonds is 2. The lowest BCUT2D eigenvalue weighted by atomic mass is 10.1. The van der Waals surface area contributed by atoms with Gasteiger partial charge in [-0.3, -0.25) is 0 Å². The Morgan fingerprint density at radius 3 is 2.10 bits per heavy atom. The Labute approximate surface area is 123 Å². The minimum Gasteiger partial charge on any atom is -0.0985 e.